The number of aryl methyl sites for hydroxylation is 2. The van der Waals surface area contributed by atoms with Crippen LogP contribution >= 0.6 is 11.8 Å². The number of methoxy groups -OCH3 is 1. The van der Waals surface area contributed by atoms with Gasteiger partial charge in [-0.2, -0.15) is 0 Å². The second-order valence-corrected chi connectivity index (χ2v) is 7.31. The zero-order valence-corrected chi connectivity index (χ0v) is 16.2. The minimum atomic E-state index is -0.0256. The van der Waals surface area contributed by atoms with Gasteiger partial charge in [0, 0.05) is 6.07 Å². The Kier molecular flexibility index (Phi) is 5.52. The Hall–Kier alpha value is -2.47. The zero-order valence-electron chi connectivity index (χ0n) is 15.4. The van der Waals surface area contributed by atoms with Gasteiger partial charge in [-0.3, -0.25) is 4.79 Å². The minimum absolute atomic E-state index is 0.0150. The molecule has 0 bridgehead atoms. The molecule has 6 heteroatoms. The average molecular weight is 369 g/mol. The monoisotopic (exact) mass is 369 g/mol. The molecule has 1 amide bonds. The van der Waals surface area contributed by atoms with Gasteiger partial charge in [-0.1, -0.05) is 30.0 Å². The molecule has 1 heterocycles. The molecule has 2 aromatic carbocycles. The molecule has 3 rings (SSSR count). The average Bonchev–Trinajstić information content (AvgIpc) is 3.04. The van der Waals surface area contributed by atoms with Crippen LogP contribution in [0.25, 0.3) is 11.0 Å². The van der Waals surface area contributed by atoms with Gasteiger partial charge < -0.3 is 15.0 Å². The molecule has 0 saturated heterocycles. The number of rotatable bonds is 6. The summed E-state index contributed by atoms with van der Waals surface area (Å²) in [4.78, 5) is 20.0. The number of thioether (sulfide) groups is 1. The van der Waals surface area contributed by atoms with Crippen LogP contribution < -0.4 is 10.1 Å². The van der Waals surface area contributed by atoms with E-state index in [9.17, 15) is 4.79 Å². The van der Waals surface area contributed by atoms with E-state index in [0.29, 0.717) is 5.75 Å². The van der Waals surface area contributed by atoms with E-state index in [1.165, 1.54) is 22.9 Å². The van der Waals surface area contributed by atoms with Gasteiger partial charge in [-0.15, -0.1) is 0 Å². The lowest BCUT2D eigenvalue weighted by Crippen LogP contribution is -2.28. The maximum Gasteiger partial charge on any atom is 0.230 e. The first-order chi connectivity index (χ1) is 12.5. The van der Waals surface area contributed by atoms with E-state index in [-0.39, 0.29) is 11.9 Å². The van der Waals surface area contributed by atoms with Gasteiger partial charge in [0.25, 0.3) is 0 Å². The molecule has 26 heavy (non-hydrogen) atoms. The molecule has 5 nitrogen and oxygen atoms in total. The number of nitrogens with zero attached hydrogens (tertiary/aromatic N) is 1. The summed E-state index contributed by atoms with van der Waals surface area (Å²) in [6, 6.07) is 11.9. The van der Waals surface area contributed by atoms with Crippen molar-refractivity contribution >= 4 is 28.7 Å². The number of nitrogens with one attached hydrogen (secondary N) is 2. The van der Waals surface area contributed by atoms with Crippen LogP contribution in [-0.4, -0.2) is 28.7 Å². The van der Waals surface area contributed by atoms with E-state index in [1.54, 1.807) is 7.11 Å². The predicted molar refractivity (Wildman–Crippen MR) is 106 cm³/mol. The van der Waals surface area contributed by atoms with Crippen molar-refractivity contribution in [2.45, 2.75) is 32.0 Å². The number of ether oxygens (including phenoxy) is 1. The second kappa shape index (κ2) is 7.83. The van der Waals surface area contributed by atoms with Gasteiger partial charge in [-0.05, 0) is 49.6 Å². The van der Waals surface area contributed by atoms with Crippen molar-refractivity contribution in [3.8, 4) is 5.75 Å². The second-order valence-electron chi connectivity index (χ2n) is 6.35. The van der Waals surface area contributed by atoms with E-state index in [1.807, 2.05) is 25.1 Å². The number of carbonyl (C=O) groups is 1. The van der Waals surface area contributed by atoms with Crippen LogP contribution in [0.2, 0.25) is 0 Å². The summed E-state index contributed by atoms with van der Waals surface area (Å²) in [6.45, 7) is 6.17. The van der Waals surface area contributed by atoms with Crippen LogP contribution in [0.5, 0.6) is 5.75 Å². The highest BCUT2D eigenvalue weighted by molar-refractivity contribution is 7.99. The van der Waals surface area contributed by atoms with Crippen LogP contribution in [0.3, 0.4) is 0 Å². The van der Waals surface area contributed by atoms with Crippen molar-refractivity contribution in [3.63, 3.8) is 0 Å². The first kappa shape index (κ1) is 18.3. The summed E-state index contributed by atoms with van der Waals surface area (Å²) in [5, 5.41) is 3.77. The third-order valence-corrected chi connectivity index (χ3v) is 5.29. The normalized spacial score (nSPS) is 12.2. The first-order valence-corrected chi connectivity index (χ1v) is 9.48. The number of fused-ring (bicyclic) bond motifs is 1. The molecular weight excluding hydrogens is 346 g/mol. The van der Waals surface area contributed by atoms with E-state index >= 15 is 0 Å². The molecule has 1 aromatic heterocycles. The van der Waals surface area contributed by atoms with E-state index < -0.39 is 0 Å². The largest absolute Gasteiger partial charge is 0.497 e. The van der Waals surface area contributed by atoms with E-state index in [0.717, 1.165) is 27.5 Å². The van der Waals surface area contributed by atoms with Crippen molar-refractivity contribution in [2.24, 2.45) is 0 Å². The Morgan fingerprint density at radius 1 is 1.23 bits per heavy atom. The molecule has 1 atom stereocenters. The molecular formula is C20H23N3O2S. The molecule has 0 spiro atoms. The van der Waals surface area contributed by atoms with Crippen molar-refractivity contribution in [3.05, 3.63) is 53.1 Å². The molecule has 0 aliphatic heterocycles. The molecule has 3 aromatic rings. The highest BCUT2D eigenvalue weighted by Crippen LogP contribution is 2.23. The smallest absolute Gasteiger partial charge is 0.230 e. The summed E-state index contributed by atoms with van der Waals surface area (Å²) in [5.74, 6) is 1.07. The maximum atomic E-state index is 12.3. The standard InChI is InChI=1S/C20H23N3O2S/c1-12-5-6-15(9-13(12)2)14(3)21-19(24)11-26-20-22-17-8-7-16(25-4)10-18(17)23-20/h5-10,14H,11H2,1-4H3,(H,21,24)(H,22,23)/t14-/m0/s1. The number of hydrogen-bond donors (Lipinski definition) is 2. The number of carbonyl (C=O) groups excluding carboxylic acids is 1. The third kappa shape index (κ3) is 4.19. The van der Waals surface area contributed by atoms with Crippen LogP contribution in [0.4, 0.5) is 0 Å². The van der Waals surface area contributed by atoms with Crippen LogP contribution in [0, 0.1) is 13.8 Å². The predicted octanol–water partition coefficient (Wildman–Crippen LogP) is 4.16. The fourth-order valence-electron chi connectivity index (χ4n) is 2.69. The molecule has 0 saturated carbocycles. The lowest BCUT2D eigenvalue weighted by molar-refractivity contribution is -0.119. The molecule has 0 unspecified atom stereocenters. The SMILES string of the molecule is COc1ccc2nc(SCC(=O)N[C@@H](C)c3ccc(C)c(C)c3)[nH]c2c1. The van der Waals surface area contributed by atoms with Crippen molar-refractivity contribution in [2.75, 3.05) is 12.9 Å². The van der Waals surface area contributed by atoms with Gasteiger partial charge >= 0.3 is 0 Å². The number of imidazole rings is 1. The number of H-pyrrole nitrogens is 1. The lowest BCUT2D eigenvalue weighted by Gasteiger charge is -2.15. The summed E-state index contributed by atoms with van der Waals surface area (Å²) in [7, 11) is 1.63. The van der Waals surface area contributed by atoms with Gasteiger partial charge in [0.1, 0.15) is 5.75 Å². The van der Waals surface area contributed by atoms with Crippen molar-refractivity contribution < 1.29 is 9.53 Å². The molecule has 0 radical (unpaired) electrons. The van der Waals surface area contributed by atoms with E-state index in [4.69, 9.17) is 4.74 Å². The summed E-state index contributed by atoms with van der Waals surface area (Å²) in [5.41, 5.74) is 5.36. The Labute approximate surface area is 157 Å². The lowest BCUT2D eigenvalue weighted by atomic mass is 10.0. The zero-order chi connectivity index (χ0) is 18.7. The van der Waals surface area contributed by atoms with Gasteiger partial charge in [0.05, 0.1) is 29.9 Å². The number of aromatic amines is 1. The molecule has 0 fully saturated rings. The maximum absolute atomic E-state index is 12.3. The number of aromatic nitrogens is 2. The summed E-state index contributed by atoms with van der Waals surface area (Å²) >= 11 is 1.39. The minimum Gasteiger partial charge on any atom is -0.497 e. The van der Waals surface area contributed by atoms with Gasteiger partial charge in [0.2, 0.25) is 5.91 Å². The Morgan fingerprint density at radius 2 is 2.04 bits per heavy atom. The van der Waals surface area contributed by atoms with Gasteiger partial charge in [0.15, 0.2) is 5.16 Å². The van der Waals surface area contributed by atoms with Gasteiger partial charge in [-0.25, -0.2) is 4.98 Å². The quantitative estimate of drug-likeness (QED) is 0.640. The third-order valence-electron chi connectivity index (χ3n) is 4.42. The fraction of sp³-hybridized carbons (Fsp3) is 0.300. The molecule has 0 aliphatic rings. The summed E-state index contributed by atoms with van der Waals surface area (Å²) < 4.78 is 5.21. The molecule has 136 valence electrons. The Bertz CT molecular complexity index is 936. The van der Waals surface area contributed by atoms with Crippen molar-refractivity contribution in [1.82, 2.24) is 15.3 Å². The molecule has 0 aliphatic carbocycles. The highest BCUT2D eigenvalue weighted by Gasteiger charge is 2.12. The number of hydrogen-bond acceptors (Lipinski definition) is 4. The topological polar surface area (TPSA) is 67.0 Å². The Morgan fingerprint density at radius 3 is 2.77 bits per heavy atom. The van der Waals surface area contributed by atoms with Crippen LogP contribution in [-0.2, 0) is 4.79 Å². The van der Waals surface area contributed by atoms with Crippen LogP contribution in [0.15, 0.2) is 41.6 Å². The van der Waals surface area contributed by atoms with Crippen molar-refractivity contribution in [1.29, 1.82) is 0 Å². The summed E-state index contributed by atoms with van der Waals surface area (Å²) in [6.07, 6.45) is 0. The molecule has 2 N–H and O–H groups in total. The van der Waals surface area contributed by atoms with Crippen LogP contribution in [0.1, 0.15) is 29.7 Å². The fourth-order valence-corrected chi connectivity index (χ4v) is 3.39. The number of benzene rings is 2. The Balaban J connectivity index is 1.59. The number of amides is 1. The highest BCUT2D eigenvalue weighted by atomic mass is 32.2. The first-order valence-electron chi connectivity index (χ1n) is 8.49. The van der Waals surface area contributed by atoms with E-state index in [2.05, 4.69) is 47.3 Å².